The van der Waals surface area contributed by atoms with Crippen LogP contribution in [0.4, 0.5) is 4.39 Å². The van der Waals surface area contributed by atoms with Crippen molar-refractivity contribution in [3.05, 3.63) is 48.0 Å². The fourth-order valence-electron chi connectivity index (χ4n) is 1.23. The monoisotopic (exact) mass is 192 g/mol. The van der Waals surface area contributed by atoms with Gasteiger partial charge in [-0.15, -0.1) is 0 Å². The fourth-order valence-corrected chi connectivity index (χ4v) is 1.23. The third kappa shape index (κ3) is 1.67. The summed E-state index contributed by atoms with van der Waals surface area (Å²) in [5, 5.41) is 8.79. The summed E-state index contributed by atoms with van der Waals surface area (Å²) >= 11 is 0. The molecule has 0 bridgehead atoms. The molecule has 72 valence electrons. The van der Waals surface area contributed by atoms with Crippen molar-refractivity contribution < 1.29 is 13.9 Å². The third-order valence-electron chi connectivity index (χ3n) is 1.95. The van der Waals surface area contributed by atoms with Crippen molar-refractivity contribution in [3.8, 4) is 11.3 Å². The van der Waals surface area contributed by atoms with Crippen molar-refractivity contribution in [1.29, 1.82) is 0 Å². The van der Waals surface area contributed by atoms with Gasteiger partial charge in [0.1, 0.15) is 23.9 Å². The van der Waals surface area contributed by atoms with E-state index in [2.05, 4.69) is 0 Å². The van der Waals surface area contributed by atoms with E-state index in [0.717, 1.165) is 5.56 Å². The second-order valence-corrected chi connectivity index (χ2v) is 2.93. The van der Waals surface area contributed by atoms with Crippen molar-refractivity contribution in [2.24, 2.45) is 0 Å². The van der Waals surface area contributed by atoms with Gasteiger partial charge in [-0.2, -0.15) is 0 Å². The van der Waals surface area contributed by atoms with Crippen LogP contribution in [0, 0.1) is 5.82 Å². The van der Waals surface area contributed by atoms with Crippen LogP contribution in [0.15, 0.2) is 40.8 Å². The zero-order valence-corrected chi connectivity index (χ0v) is 7.40. The maximum Gasteiger partial charge on any atom is 0.134 e. The van der Waals surface area contributed by atoms with Gasteiger partial charge in [-0.05, 0) is 36.4 Å². The van der Waals surface area contributed by atoms with Gasteiger partial charge in [0, 0.05) is 5.56 Å². The molecule has 0 saturated heterocycles. The Morgan fingerprint density at radius 2 is 1.79 bits per heavy atom. The summed E-state index contributed by atoms with van der Waals surface area (Å²) in [4.78, 5) is 0. The van der Waals surface area contributed by atoms with Crippen molar-refractivity contribution in [2.75, 3.05) is 0 Å². The van der Waals surface area contributed by atoms with Crippen LogP contribution >= 0.6 is 0 Å². The van der Waals surface area contributed by atoms with E-state index < -0.39 is 0 Å². The second-order valence-electron chi connectivity index (χ2n) is 2.93. The Hall–Kier alpha value is -1.61. The van der Waals surface area contributed by atoms with Gasteiger partial charge in [0.05, 0.1) is 0 Å². The molecule has 0 radical (unpaired) electrons. The Labute approximate surface area is 80.6 Å². The summed E-state index contributed by atoms with van der Waals surface area (Å²) in [6, 6.07) is 9.45. The van der Waals surface area contributed by atoms with Crippen LogP contribution in [-0.4, -0.2) is 5.11 Å². The molecule has 1 N–H and O–H groups in total. The van der Waals surface area contributed by atoms with Gasteiger partial charge in [-0.3, -0.25) is 0 Å². The molecule has 0 fully saturated rings. The lowest BCUT2D eigenvalue weighted by molar-refractivity contribution is 0.248. The summed E-state index contributed by atoms with van der Waals surface area (Å²) in [6.07, 6.45) is 0. The molecular formula is C11H9FO2. The van der Waals surface area contributed by atoms with Crippen LogP contribution in [0.5, 0.6) is 0 Å². The van der Waals surface area contributed by atoms with Gasteiger partial charge in [0.15, 0.2) is 0 Å². The van der Waals surface area contributed by atoms with Gasteiger partial charge in [-0.25, -0.2) is 4.39 Å². The molecule has 0 amide bonds. The van der Waals surface area contributed by atoms with E-state index in [0.29, 0.717) is 11.5 Å². The first-order valence-corrected chi connectivity index (χ1v) is 4.25. The Balaban J connectivity index is 2.34. The molecule has 1 aromatic heterocycles. The number of aliphatic hydroxyl groups is 1. The van der Waals surface area contributed by atoms with Crippen LogP contribution in [-0.2, 0) is 6.61 Å². The van der Waals surface area contributed by atoms with E-state index in [1.165, 1.54) is 12.1 Å². The number of hydrogen-bond acceptors (Lipinski definition) is 2. The van der Waals surface area contributed by atoms with Crippen LogP contribution in [0.2, 0.25) is 0 Å². The lowest BCUT2D eigenvalue weighted by atomic mass is 10.2. The van der Waals surface area contributed by atoms with Crippen molar-refractivity contribution in [1.82, 2.24) is 0 Å². The Bertz CT molecular complexity index is 417. The molecule has 3 heteroatoms. The van der Waals surface area contributed by atoms with Crippen LogP contribution in [0.25, 0.3) is 11.3 Å². The van der Waals surface area contributed by atoms with Crippen LogP contribution < -0.4 is 0 Å². The molecule has 0 saturated carbocycles. The first kappa shape index (κ1) is 8.97. The largest absolute Gasteiger partial charge is 0.459 e. The highest BCUT2D eigenvalue weighted by atomic mass is 19.1. The molecular weight excluding hydrogens is 183 g/mol. The quantitative estimate of drug-likeness (QED) is 0.793. The van der Waals surface area contributed by atoms with E-state index in [4.69, 9.17) is 9.52 Å². The highest BCUT2D eigenvalue weighted by molar-refractivity contribution is 5.57. The minimum Gasteiger partial charge on any atom is -0.459 e. The van der Waals surface area contributed by atoms with Gasteiger partial charge in [-0.1, -0.05) is 0 Å². The van der Waals surface area contributed by atoms with Crippen molar-refractivity contribution in [2.45, 2.75) is 6.61 Å². The highest BCUT2D eigenvalue weighted by Crippen LogP contribution is 2.22. The summed E-state index contributed by atoms with van der Waals surface area (Å²) < 4.78 is 17.9. The predicted molar refractivity (Wildman–Crippen MR) is 50.0 cm³/mol. The molecule has 0 unspecified atom stereocenters. The molecule has 14 heavy (non-hydrogen) atoms. The lowest BCUT2D eigenvalue weighted by Gasteiger charge is -1.95. The third-order valence-corrected chi connectivity index (χ3v) is 1.95. The Morgan fingerprint density at radius 3 is 2.36 bits per heavy atom. The molecule has 0 atom stereocenters. The molecule has 2 nitrogen and oxygen atoms in total. The normalized spacial score (nSPS) is 10.4. The van der Waals surface area contributed by atoms with E-state index in [-0.39, 0.29) is 12.4 Å². The molecule has 0 aliphatic carbocycles. The predicted octanol–water partition coefficient (Wildman–Crippen LogP) is 2.58. The first-order chi connectivity index (χ1) is 6.79. The summed E-state index contributed by atoms with van der Waals surface area (Å²) in [6.45, 7) is -0.124. The smallest absolute Gasteiger partial charge is 0.134 e. The molecule has 0 aliphatic heterocycles. The second kappa shape index (κ2) is 3.64. The van der Waals surface area contributed by atoms with Gasteiger partial charge < -0.3 is 9.52 Å². The average molecular weight is 192 g/mol. The van der Waals surface area contributed by atoms with Crippen LogP contribution in [0.1, 0.15) is 5.76 Å². The number of rotatable bonds is 2. The highest BCUT2D eigenvalue weighted by Gasteiger charge is 2.03. The van der Waals surface area contributed by atoms with Crippen molar-refractivity contribution >= 4 is 0 Å². The van der Waals surface area contributed by atoms with E-state index >= 15 is 0 Å². The lowest BCUT2D eigenvalue weighted by Crippen LogP contribution is -1.76. The van der Waals surface area contributed by atoms with Crippen LogP contribution in [0.3, 0.4) is 0 Å². The average Bonchev–Trinajstić information content (AvgIpc) is 2.67. The summed E-state index contributed by atoms with van der Waals surface area (Å²) in [7, 11) is 0. The first-order valence-electron chi connectivity index (χ1n) is 4.25. The summed E-state index contributed by atoms with van der Waals surface area (Å²) in [5.41, 5.74) is 0.797. The van der Waals surface area contributed by atoms with Gasteiger partial charge in [0.2, 0.25) is 0 Å². The van der Waals surface area contributed by atoms with E-state index in [1.807, 2.05) is 0 Å². The number of hydrogen-bond donors (Lipinski definition) is 1. The zero-order valence-electron chi connectivity index (χ0n) is 7.40. The SMILES string of the molecule is OCc1ccc(-c2ccc(F)cc2)o1. The van der Waals surface area contributed by atoms with Gasteiger partial charge in [0.25, 0.3) is 0 Å². The molecule has 2 aromatic rings. The van der Waals surface area contributed by atoms with E-state index in [9.17, 15) is 4.39 Å². The topological polar surface area (TPSA) is 33.4 Å². The number of halogens is 1. The molecule has 1 aromatic carbocycles. The Morgan fingerprint density at radius 1 is 1.07 bits per heavy atom. The number of furan rings is 1. The zero-order chi connectivity index (χ0) is 9.97. The standard InChI is InChI=1S/C11H9FO2/c12-9-3-1-8(2-4-9)11-6-5-10(7-13)14-11/h1-6,13H,7H2. The number of benzene rings is 1. The molecule has 1 heterocycles. The molecule has 2 rings (SSSR count). The molecule has 0 spiro atoms. The summed E-state index contributed by atoms with van der Waals surface area (Å²) in [5.74, 6) is 0.862. The van der Waals surface area contributed by atoms with Crippen molar-refractivity contribution in [3.63, 3.8) is 0 Å². The number of aliphatic hydroxyl groups excluding tert-OH is 1. The molecule has 0 aliphatic rings. The van der Waals surface area contributed by atoms with E-state index in [1.54, 1.807) is 24.3 Å². The van der Waals surface area contributed by atoms with Gasteiger partial charge >= 0.3 is 0 Å². The Kier molecular flexibility index (Phi) is 2.33. The minimum atomic E-state index is -0.275. The fraction of sp³-hybridized carbons (Fsp3) is 0.0909. The minimum absolute atomic E-state index is 0.124. The maximum absolute atomic E-state index is 12.6. The maximum atomic E-state index is 12.6.